The maximum Gasteiger partial charge on any atom is 0.237 e. The van der Waals surface area contributed by atoms with Crippen LogP contribution in [0.3, 0.4) is 0 Å². The molecule has 8 heteroatoms. The molecule has 0 radical (unpaired) electrons. The van der Waals surface area contributed by atoms with E-state index in [1.807, 2.05) is 0 Å². The van der Waals surface area contributed by atoms with Crippen LogP contribution in [0.25, 0.3) is 0 Å². The normalized spacial score (nSPS) is 11.4. The Balaban J connectivity index is 2.03. The molecule has 0 bridgehead atoms. The van der Waals surface area contributed by atoms with Crippen molar-refractivity contribution >= 4 is 47.6 Å². The summed E-state index contributed by atoms with van der Waals surface area (Å²) in [7, 11) is -2.17. The summed E-state index contributed by atoms with van der Waals surface area (Å²) in [5, 5.41) is 0. The molecule has 0 N–H and O–H groups in total. The van der Waals surface area contributed by atoms with Crippen LogP contribution in [0.2, 0.25) is 0 Å². The number of carbonyl (C=O) groups excluding carboxylic acids is 1. The largest absolute Gasteiger partial charge is 0.340 e. The molecule has 0 atom stereocenters. The molecule has 0 fully saturated rings. The third kappa shape index (κ3) is 6.20. The molecule has 0 aromatic heterocycles. The molecule has 25 heavy (non-hydrogen) atoms. The zero-order chi connectivity index (χ0) is 18.6. The lowest BCUT2D eigenvalue weighted by Gasteiger charge is -2.18. The minimum atomic E-state index is -3.62. The molecule has 0 aliphatic carbocycles. The number of amides is 1. The Morgan fingerprint density at radius 2 is 1.80 bits per heavy atom. The molecule has 0 unspecified atom stereocenters. The molecule has 0 spiro atoms. The van der Waals surface area contributed by atoms with Crippen molar-refractivity contribution in [1.29, 1.82) is 0 Å². The van der Waals surface area contributed by atoms with Gasteiger partial charge in [-0.25, -0.2) is 12.8 Å². The molecular weight excluding hydrogens is 477 g/mol. The fraction of sp³-hybridized carbons (Fsp3) is 0.235. The van der Waals surface area contributed by atoms with Crippen LogP contribution in [0, 0.1) is 5.82 Å². The van der Waals surface area contributed by atoms with Crippen molar-refractivity contribution in [2.75, 3.05) is 12.8 Å². The van der Waals surface area contributed by atoms with Crippen molar-refractivity contribution in [2.24, 2.45) is 0 Å². The van der Waals surface area contributed by atoms with Crippen LogP contribution >= 0.6 is 31.9 Å². The average molecular weight is 493 g/mol. The van der Waals surface area contributed by atoms with Crippen LogP contribution in [0.1, 0.15) is 11.1 Å². The highest BCUT2D eigenvalue weighted by Gasteiger charge is 2.21. The van der Waals surface area contributed by atoms with E-state index in [0.717, 1.165) is 4.47 Å². The molecule has 0 saturated heterocycles. The summed E-state index contributed by atoms with van der Waals surface area (Å²) in [6.07, 6.45) is 0. The SMILES string of the molecule is CN(Cc1cc(Br)ccc1F)C(=O)CS(=O)(=O)Cc1cccc(Br)c1. The van der Waals surface area contributed by atoms with Crippen LogP contribution in [0.15, 0.2) is 51.4 Å². The fourth-order valence-corrected chi connectivity index (χ4v) is 4.48. The molecule has 4 nitrogen and oxygen atoms in total. The molecular formula is C17H16Br2FNO3S. The maximum absolute atomic E-state index is 13.8. The first-order valence-electron chi connectivity index (χ1n) is 7.29. The third-order valence-electron chi connectivity index (χ3n) is 3.46. The van der Waals surface area contributed by atoms with Crippen molar-refractivity contribution < 1.29 is 17.6 Å². The van der Waals surface area contributed by atoms with Gasteiger partial charge in [-0.15, -0.1) is 0 Å². The van der Waals surface area contributed by atoms with E-state index < -0.39 is 27.3 Å². The predicted molar refractivity (Wildman–Crippen MR) is 102 cm³/mol. The molecule has 0 saturated carbocycles. The smallest absolute Gasteiger partial charge is 0.237 e. The van der Waals surface area contributed by atoms with Gasteiger partial charge in [-0.3, -0.25) is 4.79 Å². The lowest BCUT2D eigenvalue weighted by atomic mass is 10.2. The molecule has 134 valence electrons. The summed E-state index contributed by atoms with van der Waals surface area (Å²) >= 11 is 6.53. The van der Waals surface area contributed by atoms with Gasteiger partial charge in [-0.1, -0.05) is 44.0 Å². The number of hydrogen-bond donors (Lipinski definition) is 0. The molecule has 2 aromatic carbocycles. The highest BCUT2D eigenvalue weighted by Crippen LogP contribution is 2.18. The summed E-state index contributed by atoms with van der Waals surface area (Å²) in [6, 6.07) is 11.3. The monoisotopic (exact) mass is 491 g/mol. The van der Waals surface area contributed by atoms with Gasteiger partial charge in [0.25, 0.3) is 0 Å². The average Bonchev–Trinajstić information content (AvgIpc) is 2.49. The highest BCUT2D eigenvalue weighted by molar-refractivity contribution is 9.10. The zero-order valence-corrected chi connectivity index (χ0v) is 17.4. The van der Waals surface area contributed by atoms with E-state index in [1.165, 1.54) is 18.0 Å². The fourth-order valence-electron chi connectivity index (χ4n) is 2.24. The number of carbonyl (C=O) groups is 1. The highest BCUT2D eigenvalue weighted by atomic mass is 79.9. The second-order valence-electron chi connectivity index (χ2n) is 5.65. The van der Waals surface area contributed by atoms with Crippen LogP contribution < -0.4 is 0 Å². The summed E-state index contributed by atoms with van der Waals surface area (Å²) in [5.74, 6) is -1.86. The second kappa shape index (κ2) is 8.42. The van der Waals surface area contributed by atoms with Crippen LogP contribution in [-0.2, 0) is 26.9 Å². The van der Waals surface area contributed by atoms with Gasteiger partial charge in [0, 0.05) is 28.1 Å². The predicted octanol–water partition coefficient (Wildman–Crippen LogP) is 3.92. The summed E-state index contributed by atoms with van der Waals surface area (Å²) in [6.45, 7) is -0.00346. The molecule has 0 heterocycles. The van der Waals surface area contributed by atoms with Crippen LogP contribution in [0.5, 0.6) is 0 Å². The molecule has 2 aromatic rings. The van der Waals surface area contributed by atoms with E-state index in [9.17, 15) is 17.6 Å². The molecule has 1 amide bonds. The van der Waals surface area contributed by atoms with E-state index in [2.05, 4.69) is 31.9 Å². The Labute approximate surface area is 163 Å². The Hall–Kier alpha value is -1.25. The van der Waals surface area contributed by atoms with Crippen molar-refractivity contribution in [3.05, 3.63) is 68.4 Å². The van der Waals surface area contributed by atoms with Crippen molar-refractivity contribution in [1.82, 2.24) is 4.90 Å². The molecule has 2 rings (SSSR count). The first kappa shape index (κ1) is 20.1. The van der Waals surface area contributed by atoms with Crippen LogP contribution in [0.4, 0.5) is 4.39 Å². The standard InChI is InChI=1S/C17H16Br2FNO3S/c1-21(9-13-8-15(19)5-6-16(13)20)17(22)11-25(23,24)10-12-3-2-4-14(18)7-12/h2-8H,9-11H2,1H3. The third-order valence-corrected chi connectivity index (χ3v) is 5.91. The number of halogens is 3. The summed E-state index contributed by atoms with van der Waals surface area (Å²) in [5.41, 5.74) is 0.914. The van der Waals surface area contributed by atoms with E-state index in [-0.39, 0.29) is 12.3 Å². The first-order valence-corrected chi connectivity index (χ1v) is 10.7. The zero-order valence-electron chi connectivity index (χ0n) is 13.4. The van der Waals surface area contributed by atoms with Gasteiger partial charge in [0.2, 0.25) is 5.91 Å². The summed E-state index contributed by atoms with van der Waals surface area (Å²) < 4.78 is 39.7. The van der Waals surface area contributed by atoms with Gasteiger partial charge in [0.15, 0.2) is 9.84 Å². The van der Waals surface area contributed by atoms with Gasteiger partial charge < -0.3 is 4.90 Å². The van der Waals surface area contributed by atoms with Gasteiger partial charge >= 0.3 is 0 Å². The quantitative estimate of drug-likeness (QED) is 0.614. The van der Waals surface area contributed by atoms with Crippen molar-refractivity contribution in [3.63, 3.8) is 0 Å². The Morgan fingerprint density at radius 3 is 2.48 bits per heavy atom. The van der Waals surface area contributed by atoms with E-state index >= 15 is 0 Å². The van der Waals surface area contributed by atoms with Crippen molar-refractivity contribution in [3.8, 4) is 0 Å². The Kier molecular flexibility index (Phi) is 6.76. The number of hydrogen-bond acceptors (Lipinski definition) is 3. The Bertz CT molecular complexity index is 887. The van der Waals surface area contributed by atoms with Crippen molar-refractivity contribution in [2.45, 2.75) is 12.3 Å². The van der Waals surface area contributed by atoms with Gasteiger partial charge in [0.1, 0.15) is 11.6 Å². The van der Waals surface area contributed by atoms with Gasteiger partial charge in [0.05, 0.1) is 5.75 Å². The van der Waals surface area contributed by atoms with E-state index in [1.54, 1.807) is 36.4 Å². The number of nitrogens with zero attached hydrogens (tertiary/aromatic N) is 1. The van der Waals surface area contributed by atoms with Gasteiger partial charge in [-0.2, -0.15) is 0 Å². The second-order valence-corrected chi connectivity index (χ2v) is 9.54. The first-order chi connectivity index (χ1) is 11.7. The topological polar surface area (TPSA) is 54.5 Å². The van der Waals surface area contributed by atoms with Crippen LogP contribution in [-0.4, -0.2) is 32.0 Å². The number of rotatable bonds is 6. The van der Waals surface area contributed by atoms with E-state index in [0.29, 0.717) is 15.6 Å². The minimum Gasteiger partial charge on any atom is -0.340 e. The van der Waals surface area contributed by atoms with E-state index in [4.69, 9.17) is 0 Å². The number of sulfone groups is 1. The van der Waals surface area contributed by atoms with Gasteiger partial charge in [-0.05, 0) is 35.9 Å². The molecule has 0 aliphatic heterocycles. The molecule has 0 aliphatic rings. The maximum atomic E-state index is 13.8. The minimum absolute atomic E-state index is 0.00346. The lowest BCUT2D eigenvalue weighted by molar-refractivity contribution is -0.127. The lowest BCUT2D eigenvalue weighted by Crippen LogP contribution is -2.32. The Morgan fingerprint density at radius 1 is 1.12 bits per heavy atom. The number of benzene rings is 2. The summed E-state index contributed by atoms with van der Waals surface area (Å²) in [4.78, 5) is 13.4.